The maximum atomic E-state index is 11.7. The molecule has 0 amide bonds. The minimum atomic E-state index is -0.954. The van der Waals surface area contributed by atoms with E-state index in [1.165, 1.54) is 12.8 Å². The van der Waals surface area contributed by atoms with Crippen molar-refractivity contribution < 1.29 is 9.90 Å². The van der Waals surface area contributed by atoms with Crippen LogP contribution in [-0.4, -0.2) is 36.6 Å². The quantitative estimate of drug-likeness (QED) is 0.338. The molecule has 4 N–H and O–H groups in total. The van der Waals surface area contributed by atoms with Crippen LogP contribution in [-0.2, 0) is 13.0 Å². The van der Waals surface area contributed by atoms with Crippen molar-refractivity contribution in [2.75, 3.05) is 5.32 Å². The Hall–Kier alpha value is -3.78. The third-order valence-electron chi connectivity index (χ3n) is 6.57. The van der Waals surface area contributed by atoms with Gasteiger partial charge in [-0.05, 0) is 48.6 Å². The Labute approximate surface area is 204 Å². The monoisotopic (exact) mass is 470 g/mol. The normalized spacial score (nSPS) is 14.9. The van der Waals surface area contributed by atoms with E-state index in [0.29, 0.717) is 30.6 Å². The van der Waals surface area contributed by atoms with Crippen molar-refractivity contribution in [3.8, 4) is 11.1 Å². The number of carboxylic acid groups (broad SMARTS) is 1. The van der Waals surface area contributed by atoms with Crippen LogP contribution < -0.4 is 11.1 Å². The molecular formula is C27H30N6O2. The Balaban J connectivity index is 1.53. The molecule has 180 valence electrons. The van der Waals surface area contributed by atoms with Crippen molar-refractivity contribution in [1.29, 1.82) is 0 Å². The van der Waals surface area contributed by atoms with Gasteiger partial charge in [0.25, 0.3) is 0 Å². The summed E-state index contributed by atoms with van der Waals surface area (Å²) in [5.74, 6) is 0.365. The zero-order valence-corrected chi connectivity index (χ0v) is 19.8. The predicted molar refractivity (Wildman–Crippen MR) is 136 cm³/mol. The number of rotatable bonds is 8. The number of aromatic nitrogens is 4. The zero-order valence-electron chi connectivity index (χ0n) is 19.8. The molecule has 2 aromatic heterocycles. The lowest BCUT2D eigenvalue weighted by Crippen LogP contribution is -2.20. The van der Waals surface area contributed by atoms with Crippen molar-refractivity contribution in [1.82, 2.24) is 19.5 Å². The molecule has 0 saturated heterocycles. The van der Waals surface area contributed by atoms with E-state index in [-0.39, 0.29) is 11.6 Å². The summed E-state index contributed by atoms with van der Waals surface area (Å²) < 4.78 is 2.18. The topological polar surface area (TPSA) is 119 Å². The van der Waals surface area contributed by atoms with Gasteiger partial charge in [0.05, 0.1) is 11.9 Å². The molecule has 1 saturated carbocycles. The van der Waals surface area contributed by atoms with Gasteiger partial charge in [0.15, 0.2) is 11.5 Å². The molecular weight excluding hydrogens is 440 g/mol. The van der Waals surface area contributed by atoms with Crippen molar-refractivity contribution in [3.05, 3.63) is 71.8 Å². The molecule has 8 heteroatoms. The van der Waals surface area contributed by atoms with Gasteiger partial charge >= 0.3 is 5.97 Å². The molecule has 1 unspecified atom stereocenters. The zero-order chi connectivity index (χ0) is 24.4. The Morgan fingerprint density at radius 1 is 1.17 bits per heavy atom. The van der Waals surface area contributed by atoms with Crippen LogP contribution >= 0.6 is 0 Å². The van der Waals surface area contributed by atoms with Gasteiger partial charge in [0, 0.05) is 25.0 Å². The number of nitrogens with zero attached hydrogens (tertiary/aromatic N) is 4. The first kappa shape index (κ1) is 23.0. The number of nitrogens with one attached hydrogen (secondary N) is 1. The third-order valence-corrected chi connectivity index (χ3v) is 6.57. The van der Waals surface area contributed by atoms with Gasteiger partial charge in [-0.2, -0.15) is 0 Å². The molecule has 2 heterocycles. The average molecular weight is 471 g/mol. The number of hydrogen-bond acceptors (Lipinski definition) is 6. The Morgan fingerprint density at radius 3 is 2.66 bits per heavy atom. The predicted octanol–water partition coefficient (Wildman–Crippen LogP) is 4.81. The summed E-state index contributed by atoms with van der Waals surface area (Å²) in [6, 6.07) is 15.5. The van der Waals surface area contributed by atoms with E-state index in [0.717, 1.165) is 40.7 Å². The summed E-state index contributed by atoms with van der Waals surface area (Å²) in [5, 5.41) is 13.0. The Kier molecular flexibility index (Phi) is 6.46. The maximum Gasteiger partial charge on any atom is 0.335 e. The minimum absolute atomic E-state index is 0.0694. The van der Waals surface area contributed by atoms with Gasteiger partial charge in [-0.3, -0.25) is 0 Å². The molecule has 0 radical (unpaired) electrons. The molecule has 35 heavy (non-hydrogen) atoms. The SMILES string of the molecule is CC(N)Cc1nc(NCc2cc(C(=O)O)ccc2-c2ccccc2)c2ncn(C3CCCC3)c2n1. The van der Waals surface area contributed by atoms with Gasteiger partial charge in [0.2, 0.25) is 0 Å². The summed E-state index contributed by atoms with van der Waals surface area (Å²) in [6.07, 6.45) is 7.12. The molecule has 1 fully saturated rings. The molecule has 0 bridgehead atoms. The molecule has 8 nitrogen and oxygen atoms in total. The standard InChI is InChI=1S/C27H30N6O2/c1-17(28)13-23-31-25(24-26(32-23)33(16-30-24)21-9-5-6-10-21)29-15-20-14-19(27(34)35)11-12-22(20)18-7-3-2-4-8-18/h2-4,7-8,11-12,14,16-17,21H,5-6,9-10,13,15,28H2,1H3,(H,34,35)(H,29,31,32). The molecule has 1 aliphatic rings. The molecule has 1 atom stereocenters. The molecule has 0 aliphatic heterocycles. The number of benzene rings is 2. The summed E-state index contributed by atoms with van der Waals surface area (Å²) in [6.45, 7) is 2.34. The van der Waals surface area contributed by atoms with Gasteiger partial charge in [-0.15, -0.1) is 0 Å². The first-order valence-electron chi connectivity index (χ1n) is 12.1. The molecule has 2 aromatic carbocycles. The second-order valence-electron chi connectivity index (χ2n) is 9.33. The number of fused-ring (bicyclic) bond motifs is 1. The van der Waals surface area contributed by atoms with Crippen LogP contribution in [0, 0.1) is 0 Å². The third kappa shape index (κ3) is 4.88. The largest absolute Gasteiger partial charge is 0.478 e. The fraction of sp³-hybridized carbons (Fsp3) is 0.333. The summed E-state index contributed by atoms with van der Waals surface area (Å²) >= 11 is 0. The second kappa shape index (κ2) is 9.84. The van der Waals surface area contributed by atoms with Crippen molar-refractivity contribution in [2.45, 2.75) is 57.7 Å². The highest BCUT2D eigenvalue weighted by Crippen LogP contribution is 2.33. The molecule has 5 rings (SSSR count). The summed E-state index contributed by atoms with van der Waals surface area (Å²) in [5.41, 5.74) is 10.7. The number of carboxylic acids is 1. The van der Waals surface area contributed by atoms with E-state index >= 15 is 0 Å². The van der Waals surface area contributed by atoms with Crippen LogP contribution in [0.25, 0.3) is 22.3 Å². The van der Waals surface area contributed by atoms with E-state index in [1.807, 2.05) is 49.6 Å². The molecule has 0 spiro atoms. The Morgan fingerprint density at radius 2 is 1.94 bits per heavy atom. The lowest BCUT2D eigenvalue weighted by molar-refractivity contribution is 0.0697. The van der Waals surface area contributed by atoms with E-state index in [9.17, 15) is 9.90 Å². The molecule has 1 aliphatic carbocycles. The highest BCUT2D eigenvalue weighted by molar-refractivity contribution is 5.89. The number of imidazole rings is 1. The first-order valence-corrected chi connectivity index (χ1v) is 12.1. The second-order valence-corrected chi connectivity index (χ2v) is 9.33. The van der Waals surface area contributed by atoms with E-state index in [2.05, 4.69) is 14.9 Å². The summed E-state index contributed by atoms with van der Waals surface area (Å²) in [7, 11) is 0. The number of aromatic carboxylic acids is 1. The van der Waals surface area contributed by atoms with Crippen molar-refractivity contribution >= 4 is 23.0 Å². The fourth-order valence-corrected chi connectivity index (χ4v) is 4.87. The summed E-state index contributed by atoms with van der Waals surface area (Å²) in [4.78, 5) is 25.9. The van der Waals surface area contributed by atoms with Crippen LogP contribution in [0.3, 0.4) is 0 Å². The van der Waals surface area contributed by atoms with Gasteiger partial charge in [0.1, 0.15) is 11.3 Å². The highest BCUT2D eigenvalue weighted by Gasteiger charge is 2.22. The maximum absolute atomic E-state index is 11.7. The van der Waals surface area contributed by atoms with E-state index < -0.39 is 5.97 Å². The van der Waals surface area contributed by atoms with Crippen molar-refractivity contribution in [2.24, 2.45) is 5.73 Å². The smallest absolute Gasteiger partial charge is 0.335 e. The van der Waals surface area contributed by atoms with E-state index in [4.69, 9.17) is 15.7 Å². The van der Waals surface area contributed by atoms with Crippen LogP contribution in [0.2, 0.25) is 0 Å². The van der Waals surface area contributed by atoms with Gasteiger partial charge in [-0.1, -0.05) is 49.2 Å². The molecule has 4 aromatic rings. The van der Waals surface area contributed by atoms with Crippen LogP contribution in [0.5, 0.6) is 0 Å². The number of hydrogen-bond donors (Lipinski definition) is 3. The highest BCUT2D eigenvalue weighted by atomic mass is 16.4. The van der Waals surface area contributed by atoms with Crippen LogP contribution in [0.15, 0.2) is 54.9 Å². The van der Waals surface area contributed by atoms with Gasteiger partial charge in [-0.25, -0.2) is 19.7 Å². The van der Waals surface area contributed by atoms with Crippen LogP contribution in [0.1, 0.15) is 60.4 Å². The number of carbonyl (C=O) groups is 1. The number of anilines is 1. The Bertz CT molecular complexity index is 1340. The van der Waals surface area contributed by atoms with Gasteiger partial charge < -0.3 is 20.7 Å². The fourth-order valence-electron chi connectivity index (χ4n) is 4.87. The van der Waals surface area contributed by atoms with Crippen molar-refractivity contribution in [3.63, 3.8) is 0 Å². The lowest BCUT2D eigenvalue weighted by atomic mass is 9.97. The van der Waals surface area contributed by atoms with E-state index in [1.54, 1.807) is 12.1 Å². The van der Waals surface area contributed by atoms with Crippen LogP contribution in [0.4, 0.5) is 5.82 Å². The minimum Gasteiger partial charge on any atom is -0.478 e. The number of nitrogens with two attached hydrogens (primary N) is 1. The first-order chi connectivity index (χ1) is 17.0. The average Bonchev–Trinajstić information content (AvgIpc) is 3.52. The lowest BCUT2D eigenvalue weighted by Gasteiger charge is -2.15.